The molecule has 0 saturated heterocycles. The van der Waals surface area contributed by atoms with E-state index in [1.807, 2.05) is 24.5 Å². The highest BCUT2D eigenvalue weighted by atomic mass is 14.9. The Hall–Kier alpha value is -2.76. The molecule has 0 aliphatic carbocycles. The van der Waals surface area contributed by atoms with E-state index in [1.165, 1.54) is 12.7 Å². The number of H-pyrrole nitrogens is 2. The lowest BCUT2D eigenvalue weighted by molar-refractivity contribution is 1.22. The SMILES string of the molecule is c1ncc2[nH]ccc2n1.c1ncc2[nH]ccc2n1. The fraction of sp³-hybridized carbons (Fsp3) is 0. The maximum atomic E-state index is 4.00. The van der Waals surface area contributed by atoms with Gasteiger partial charge >= 0.3 is 0 Å². The number of hydrogen-bond donors (Lipinski definition) is 2. The molecule has 0 amide bonds. The quantitative estimate of drug-likeness (QED) is 0.490. The van der Waals surface area contributed by atoms with Gasteiger partial charge in [0.25, 0.3) is 0 Å². The van der Waals surface area contributed by atoms with Crippen LogP contribution in [0.3, 0.4) is 0 Å². The Kier molecular flexibility index (Phi) is 2.67. The normalized spacial score (nSPS) is 10.2. The Bertz CT molecular complexity index is 631. The van der Waals surface area contributed by atoms with Gasteiger partial charge in [-0.15, -0.1) is 0 Å². The molecular weight excluding hydrogens is 228 g/mol. The smallest absolute Gasteiger partial charge is 0.116 e. The second-order valence-corrected chi connectivity index (χ2v) is 3.60. The van der Waals surface area contributed by atoms with Crippen LogP contribution in [0.15, 0.2) is 49.6 Å². The van der Waals surface area contributed by atoms with Crippen molar-refractivity contribution in [1.29, 1.82) is 0 Å². The first-order chi connectivity index (χ1) is 8.93. The van der Waals surface area contributed by atoms with Crippen LogP contribution in [0.1, 0.15) is 0 Å². The van der Waals surface area contributed by atoms with E-state index in [0.29, 0.717) is 0 Å². The molecule has 0 aliphatic heterocycles. The van der Waals surface area contributed by atoms with Crippen LogP contribution in [0.5, 0.6) is 0 Å². The summed E-state index contributed by atoms with van der Waals surface area (Å²) in [6.45, 7) is 0. The summed E-state index contributed by atoms with van der Waals surface area (Å²) in [6.07, 6.45) is 10.3. The number of nitrogens with zero attached hydrogens (tertiary/aromatic N) is 4. The molecule has 6 nitrogen and oxygen atoms in total. The topological polar surface area (TPSA) is 83.1 Å². The summed E-state index contributed by atoms with van der Waals surface area (Å²) >= 11 is 0. The summed E-state index contributed by atoms with van der Waals surface area (Å²) in [6, 6.07) is 3.83. The zero-order chi connectivity index (χ0) is 12.2. The molecule has 0 atom stereocenters. The van der Waals surface area contributed by atoms with Gasteiger partial charge in [-0.25, -0.2) is 19.9 Å². The van der Waals surface area contributed by atoms with Gasteiger partial charge in [-0.1, -0.05) is 0 Å². The van der Waals surface area contributed by atoms with E-state index >= 15 is 0 Å². The summed E-state index contributed by atoms with van der Waals surface area (Å²) in [5.41, 5.74) is 3.89. The Morgan fingerprint density at radius 3 is 1.67 bits per heavy atom. The van der Waals surface area contributed by atoms with Crippen molar-refractivity contribution in [3.05, 3.63) is 49.6 Å². The Labute approximate surface area is 102 Å². The van der Waals surface area contributed by atoms with Crippen LogP contribution in [0.4, 0.5) is 0 Å². The van der Waals surface area contributed by atoms with Crippen LogP contribution in [-0.2, 0) is 0 Å². The van der Waals surface area contributed by atoms with Crippen LogP contribution < -0.4 is 0 Å². The number of nitrogens with one attached hydrogen (secondary N) is 2. The van der Waals surface area contributed by atoms with Crippen LogP contribution in [0, 0.1) is 0 Å². The number of rotatable bonds is 0. The van der Waals surface area contributed by atoms with Crippen molar-refractivity contribution in [2.24, 2.45) is 0 Å². The molecule has 2 N–H and O–H groups in total. The monoisotopic (exact) mass is 238 g/mol. The summed E-state index contributed by atoms with van der Waals surface area (Å²) in [4.78, 5) is 21.7. The highest BCUT2D eigenvalue weighted by molar-refractivity contribution is 5.73. The first kappa shape index (κ1) is 10.4. The summed E-state index contributed by atoms with van der Waals surface area (Å²) < 4.78 is 0. The van der Waals surface area contributed by atoms with Crippen LogP contribution in [-0.4, -0.2) is 29.9 Å². The van der Waals surface area contributed by atoms with Gasteiger partial charge in [0.1, 0.15) is 12.7 Å². The van der Waals surface area contributed by atoms with Crippen molar-refractivity contribution in [3.8, 4) is 0 Å². The zero-order valence-electron chi connectivity index (χ0n) is 9.41. The minimum atomic E-state index is 0.963. The summed E-state index contributed by atoms with van der Waals surface area (Å²) in [5.74, 6) is 0. The van der Waals surface area contributed by atoms with Gasteiger partial charge in [0, 0.05) is 12.4 Å². The average Bonchev–Trinajstić information content (AvgIpc) is 3.08. The molecule has 0 spiro atoms. The fourth-order valence-electron chi connectivity index (χ4n) is 1.59. The molecule has 4 rings (SSSR count). The van der Waals surface area contributed by atoms with Crippen molar-refractivity contribution < 1.29 is 0 Å². The predicted molar refractivity (Wildman–Crippen MR) is 67.8 cm³/mol. The van der Waals surface area contributed by atoms with Gasteiger partial charge in [0.2, 0.25) is 0 Å². The van der Waals surface area contributed by atoms with E-state index in [9.17, 15) is 0 Å². The molecule has 0 bridgehead atoms. The van der Waals surface area contributed by atoms with Gasteiger partial charge in [-0.3, -0.25) is 0 Å². The second kappa shape index (κ2) is 4.62. The number of aromatic amines is 2. The summed E-state index contributed by atoms with van der Waals surface area (Å²) in [7, 11) is 0. The predicted octanol–water partition coefficient (Wildman–Crippen LogP) is 1.92. The van der Waals surface area contributed by atoms with Crippen LogP contribution in [0.25, 0.3) is 22.1 Å². The fourth-order valence-corrected chi connectivity index (χ4v) is 1.59. The first-order valence-electron chi connectivity index (χ1n) is 5.40. The molecule has 0 saturated carbocycles. The molecule has 88 valence electrons. The number of aromatic nitrogens is 6. The van der Waals surface area contributed by atoms with Gasteiger partial charge in [-0.2, -0.15) is 0 Å². The van der Waals surface area contributed by atoms with Gasteiger partial charge in [0.15, 0.2) is 0 Å². The van der Waals surface area contributed by atoms with Crippen molar-refractivity contribution in [1.82, 2.24) is 29.9 Å². The molecule has 0 aromatic carbocycles. The molecule has 6 heteroatoms. The molecule has 4 aromatic rings. The maximum Gasteiger partial charge on any atom is 0.116 e. The third kappa shape index (κ3) is 2.03. The lowest BCUT2D eigenvalue weighted by Gasteiger charge is -1.82. The standard InChI is InChI=1S/2C6H5N3/c2*1-2-8-6-3-7-4-9-5(1)6/h2*1-4,8H. The highest BCUT2D eigenvalue weighted by Gasteiger charge is 1.90. The van der Waals surface area contributed by atoms with Crippen molar-refractivity contribution in [3.63, 3.8) is 0 Å². The minimum Gasteiger partial charge on any atom is -0.359 e. The Morgan fingerprint density at radius 2 is 1.22 bits per heavy atom. The molecule has 4 aromatic heterocycles. The Balaban J connectivity index is 0.000000111. The van der Waals surface area contributed by atoms with E-state index in [0.717, 1.165) is 22.1 Å². The number of fused-ring (bicyclic) bond motifs is 2. The van der Waals surface area contributed by atoms with E-state index in [2.05, 4.69) is 29.9 Å². The van der Waals surface area contributed by atoms with Crippen molar-refractivity contribution in [2.45, 2.75) is 0 Å². The lowest BCUT2D eigenvalue weighted by Crippen LogP contribution is -1.74. The molecule has 0 fully saturated rings. The third-order valence-electron chi connectivity index (χ3n) is 2.45. The first-order valence-corrected chi connectivity index (χ1v) is 5.40. The van der Waals surface area contributed by atoms with Crippen molar-refractivity contribution >= 4 is 22.1 Å². The van der Waals surface area contributed by atoms with Crippen LogP contribution in [0.2, 0.25) is 0 Å². The molecule has 0 unspecified atom stereocenters. The molecular formula is C12H10N6. The largest absolute Gasteiger partial charge is 0.359 e. The Morgan fingerprint density at radius 1 is 0.722 bits per heavy atom. The number of hydrogen-bond acceptors (Lipinski definition) is 4. The molecule has 4 heterocycles. The van der Waals surface area contributed by atoms with Crippen molar-refractivity contribution in [2.75, 3.05) is 0 Å². The van der Waals surface area contributed by atoms with Gasteiger partial charge < -0.3 is 9.97 Å². The molecule has 0 aliphatic rings. The highest BCUT2D eigenvalue weighted by Crippen LogP contribution is 2.04. The van der Waals surface area contributed by atoms with Crippen LogP contribution >= 0.6 is 0 Å². The van der Waals surface area contributed by atoms with E-state index in [-0.39, 0.29) is 0 Å². The average molecular weight is 238 g/mol. The van der Waals surface area contributed by atoms with E-state index in [1.54, 1.807) is 12.4 Å². The molecule has 0 radical (unpaired) electrons. The summed E-state index contributed by atoms with van der Waals surface area (Å²) in [5, 5.41) is 0. The van der Waals surface area contributed by atoms with E-state index in [4.69, 9.17) is 0 Å². The minimum absolute atomic E-state index is 0.963. The molecule has 18 heavy (non-hydrogen) atoms. The third-order valence-corrected chi connectivity index (χ3v) is 2.45. The van der Waals surface area contributed by atoms with E-state index < -0.39 is 0 Å². The lowest BCUT2D eigenvalue weighted by atomic mass is 10.5. The second-order valence-electron chi connectivity index (χ2n) is 3.60. The van der Waals surface area contributed by atoms with Gasteiger partial charge in [-0.05, 0) is 12.1 Å². The van der Waals surface area contributed by atoms with Gasteiger partial charge in [0.05, 0.1) is 34.5 Å². The zero-order valence-corrected chi connectivity index (χ0v) is 9.41. The maximum absolute atomic E-state index is 4.00.